The minimum absolute atomic E-state index is 0.160. The maximum absolute atomic E-state index is 12.2. The molecular weight excluding hydrogens is 306 g/mol. The molecule has 0 bridgehead atoms. The molecule has 0 radical (unpaired) electrons. The van der Waals surface area contributed by atoms with Gasteiger partial charge in [-0.3, -0.25) is 4.79 Å². The standard InChI is InChI=1S/C14H16BrN3O/c1-8-4-10(15)5-9(2)13(8)17-14(19)12-6-11(16)7-18(12)3/h4-7H,16H2,1-3H3,(H,17,19). The summed E-state index contributed by atoms with van der Waals surface area (Å²) in [6.45, 7) is 3.93. The molecule has 0 saturated carbocycles. The van der Waals surface area contributed by atoms with Gasteiger partial charge in [-0.1, -0.05) is 15.9 Å². The second-order valence-corrected chi connectivity index (χ2v) is 5.55. The van der Waals surface area contributed by atoms with E-state index in [0.29, 0.717) is 11.4 Å². The number of hydrogen-bond acceptors (Lipinski definition) is 2. The molecule has 0 aliphatic heterocycles. The summed E-state index contributed by atoms with van der Waals surface area (Å²) in [7, 11) is 1.80. The number of benzene rings is 1. The summed E-state index contributed by atoms with van der Waals surface area (Å²) in [4.78, 5) is 12.2. The van der Waals surface area contributed by atoms with E-state index in [1.807, 2.05) is 26.0 Å². The van der Waals surface area contributed by atoms with Crippen molar-refractivity contribution in [3.63, 3.8) is 0 Å². The van der Waals surface area contributed by atoms with Gasteiger partial charge in [0.15, 0.2) is 0 Å². The van der Waals surface area contributed by atoms with Gasteiger partial charge in [-0.25, -0.2) is 0 Å². The zero-order valence-electron chi connectivity index (χ0n) is 11.1. The lowest BCUT2D eigenvalue weighted by Gasteiger charge is -2.12. The molecule has 0 saturated heterocycles. The van der Waals surface area contributed by atoms with E-state index in [1.165, 1.54) is 0 Å². The van der Waals surface area contributed by atoms with E-state index in [9.17, 15) is 4.79 Å². The average molecular weight is 322 g/mol. The number of nitrogen functional groups attached to an aromatic ring is 1. The second kappa shape index (κ2) is 5.09. The normalized spacial score (nSPS) is 10.5. The predicted octanol–water partition coefficient (Wildman–Crippen LogP) is 3.24. The van der Waals surface area contributed by atoms with E-state index in [1.54, 1.807) is 23.9 Å². The lowest BCUT2D eigenvalue weighted by atomic mass is 10.1. The van der Waals surface area contributed by atoms with Gasteiger partial charge in [0.2, 0.25) is 0 Å². The summed E-state index contributed by atoms with van der Waals surface area (Å²) >= 11 is 3.44. The molecule has 2 aromatic rings. The van der Waals surface area contributed by atoms with Crippen LogP contribution in [0.3, 0.4) is 0 Å². The third-order valence-electron chi connectivity index (χ3n) is 2.99. The predicted molar refractivity (Wildman–Crippen MR) is 81.4 cm³/mol. The highest BCUT2D eigenvalue weighted by molar-refractivity contribution is 9.10. The smallest absolute Gasteiger partial charge is 0.272 e. The van der Waals surface area contributed by atoms with Crippen LogP contribution in [-0.2, 0) is 7.05 Å². The summed E-state index contributed by atoms with van der Waals surface area (Å²) in [6, 6.07) is 5.61. The van der Waals surface area contributed by atoms with Crippen molar-refractivity contribution in [3.8, 4) is 0 Å². The molecule has 0 aliphatic rings. The number of amides is 1. The number of nitrogens with one attached hydrogen (secondary N) is 1. The second-order valence-electron chi connectivity index (χ2n) is 4.64. The number of nitrogens with two attached hydrogens (primary N) is 1. The summed E-state index contributed by atoms with van der Waals surface area (Å²) in [5, 5.41) is 2.94. The van der Waals surface area contributed by atoms with Gasteiger partial charge in [-0.05, 0) is 43.2 Å². The fraction of sp³-hybridized carbons (Fsp3) is 0.214. The zero-order chi connectivity index (χ0) is 14.2. The Kier molecular flexibility index (Phi) is 3.66. The summed E-state index contributed by atoms with van der Waals surface area (Å²) < 4.78 is 2.72. The highest BCUT2D eigenvalue weighted by atomic mass is 79.9. The first kappa shape index (κ1) is 13.7. The largest absolute Gasteiger partial charge is 0.397 e. The number of carbonyl (C=O) groups excluding carboxylic acids is 1. The Labute approximate surface area is 120 Å². The van der Waals surface area contributed by atoms with Crippen molar-refractivity contribution in [1.82, 2.24) is 4.57 Å². The number of aromatic nitrogens is 1. The number of nitrogens with zero attached hydrogens (tertiary/aromatic N) is 1. The SMILES string of the molecule is Cc1cc(Br)cc(C)c1NC(=O)c1cc(N)cn1C. The highest BCUT2D eigenvalue weighted by Crippen LogP contribution is 2.25. The third-order valence-corrected chi connectivity index (χ3v) is 3.45. The Hall–Kier alpha value is -1.75. The average Bonchev–Trinajstić information content (AvgIpc) is 2.62. The molecule has 0 aliphatic carbocycles. The van der Waals surface area contributed by atoms with Crippen molar-refractivity contribution < 1.29 is 4.79 Å². The topological polar surface area (TPSA) is 60.1 Å². The van der Waals surface area contributed by atoms with Gasteiger partial charge in [-0.15, -0.1) is 0 Å². The van der Waals surface area contributed by atoms with Crippen LogP contribution < -0.4 is 11.1 Å². The van der Waals surface area contributed by atoms with Crippen LogP contribution in [0.1, 0.15) is 21.6 Å². The Balaban J connectivity index is 2.32. The number of halogens is 1. The molecule has 1 amide bonds. The molecule has 1 heterocycles. The first-order valence-corrected chi connectivity index (χ1v) is 6.67. The molecule has 4 nitrogen and oxygen atoms in total. The van der Waals surface area contributed by atoms with Crippen LogP contribution in [0.4, 0.5) is 11.4 Å². The molecule has 0 spiro atoms. The number of rotatable bonds is 2. The minimum atomic E-state index is -0.160. The lowest BCUT2D eigenvalue weighted by molar-refractivity contribution is 0.101. The van der Waals surface area contributed by atoms with Crippen molar-refractivity contribution >= 4 is 33.2 Å². The fourth-order valence-electron chi connectivity index (χ4n) is 2.10. The Morgan fingerprint density at radius 2 is 1.84 bits per heavy atom. The van der Waals surface area contributed by atoms with Gasteiger partial charge in [-0.2, -0.15) is 0 Å². The van der Waals surface area contributed by atoms with Crippen molar-refractivity contribution in [3.05, 3.63) is 45.7 Å². The highest BCUT2D eigenvalue weighted by Gasteiger charge is 2.13. The number of anilines is 2. The van der Waals surface area contributed by atoms with Crippen molar-refractivity contribution in [1.29, 1.82) is 0 Å². The summed E-state index contributed by atoms with van der Waals surface area (Å²) in [5.41, 5.74) is 9.68. The van der Waals surface area contributed by atoms with Crippen LogP contribution in [0.5, 0.6) is 0 Å². The summed E-state index contributed by atoms with van der Waals surface area (Å²) in [5.74, 6) is -0.160. The molecular formula is C14H16BrN3O. The molecule has 0 unspecified atom stereocenters. The van der Waals surface area contributed by atoms with E-state index in [0.717, 1.165) is 21.3 Å². The number of aryl methyl sites for hydroxylation is 3. The number of carbonyl (C=O) groups is 1. The van der Waals surface area contributed by atoms with E-state index in [2.05, 4.69) is 21.2 Å². The maximum Gasteiger partial charge on any atom is 0.272 e. The quantitative estimate of drug-likeness (QED) is 0.892. The van der Waals surface area contributed by atoms with Gasteiger partial charge in [0.1, 0.15) is 5.69 Å². The Morgan fingerprint density at radius 1 is 1.26 bits per heavy atom. The first-order valence-electron chi connectivity index (χ1n) is 5.88. The molecule has 19 heavy (non-hydrogen) atoms. The van der Waals surface area contributed by atoms with Gasteiger partial charge in [0.25, 0.3) is 5.91 Å². The Bertz CT molecular complexity index is 623. The van der Waals surface area contributed by atoms with E-state index in [-0.39, 0.29) is 5.91 Å². The van der Waals surface area contributed by atoms with E-state index < -0.39 is 0 Å². The van der Waals surface area contributed by atoms with Crippen LogP contribution in [-0.4, -0.2) is 10.5 Å². The van der Waals surface area contributed by atoms with Crippen LogP contribution >= 0.6 is 15.9 Å². The van der Waals surface area contributed by atoms with Crippen molar-refractivity contribution in [2.45, 2.75) is 13.8 Å². The molecule has 100 valence electrons. The van der Waals surface area contributed by atoms with Crippen LogP contribution in [0, 0.1) is 13.8 Å². The van der Waals surface area contributed by atoms with E-state index in [4.69, 9.17) is 5.73 Å². The monoisotopic (exact) mass is 321 g/mol. The molecule has 3 N–H and O–H groups in total. The molecule has 1 aromatic heterocycles. The fourth-order valence-corrected chi connectivity index (χ4v) is 2.79. The van der Waals surface area contributed by atoms with Gasteiger partial charge in [0, 0.05) is 23.4 Å². The van der Waals surface area contributed by atoms with Crippen LogP contribution in [0.2, 0.25) is 0 Å². The lowest BCUT2D eigenvalue weighted by Crippen LogP contribution is -2.16. The molecule has 0 fully saturated rings. The first-order chi connectivity index (χ1) is 8.88. The number of hydrogen-bond donors (Lipinski definition) is 2. The molecule has 0 atom stereocenters. The van der Waals surface area contributed by atoms with Crippen molar-refractivity contribution in [2.24, 2.45) is 7.05 Å². The molecule has 1 aromatic carbocycles. The van der Waals surface area contributed by atoms with Crippen molar-refractivity contribution in [2.75, 3.05) is 11.1 Å². The van der Waals surface area contributed by atoms with Gasteiger partial charge < -0.3 is 15.6 Å². The van der Waals surface area contributed by atoms with E-state index >= 15 is 0 Å². The summed E-state index contributed by atoms with van der Waals surface area (Å²) in [6.07, 6.45) is 1.72. The zero-order valence-corrected chi connectivity index (χ0v) is 12.7. The van der Waals surface area contributed by atoms with Crippen LogP contribution in [0.15, 0.2) is 28.9 Å². The van der Waals surface area contributed by atoms with Gasteiger partial charge in [0.05, 0.1) is 5.69 Å². The Morgan fingerprint density at radius 3 is 2.32 bits per heavy atom. The van der Waals surface area contributed by atoms with Crippen LogP contribution in [0.25, 0.3) is 0 Å². The molecule has 2 rings (SSSR count). The molecule has 5 heteroatoms. The minimum Gasteiger partial charge on any atom is -0.397 e. The third kappa shape index (κ3) is 2.81. The van der Waals surface area contributed by atoms with Gasteiger partial charge >= 0.3 is 0 Å². The maximum atomic E-state index is 12.2.